The Morgan fingerprint density at radius 2 is 1.92 bits per heavy atom. The quantitative estimate of drug-likeness (QED) is 0.876. The van der Waals surface area contributed by atoms with Gasteiger partial charge < -0.3 is 5.73 Å². The van der Waals surface area contributed by atoms with Crippen molar-refractivity contribution < 1.29 is 8.78 Å². The number of benzene rings is 1. The molecule has 0 aromatic heterocycles. The van der Waals surface area contributed by atoms with Gasteiger partial charge in [0.05, 0.1) is 0 Å². The molecule has 0 aliphatic rings. The molecule has 1 nitrogen and oxygen atoms in total. The van der Waals surface area contributed by atoms with Gasteiger partial charge in [-0.1, -0.05) is 34.1 Å². The number of halogens is 3. The van der Waals surface area contributed by atoms with E-state index in [1.165, 1.54) is 6.07 Å². The second kappa shape index (κ2) is 4.15. The van der Waals surface area contributed by atoms with Crippen LogP contribution in [0.2, 0.25) is 0 Å². The molecule has 0 saturated carbocycles. The van der Waals surface area contributed by atoms with Gasteiger partial charge in [0.15, 0.2) is 0 Å². The molecule has 0 radical (unpaired) electrons. The van der Waals surface area contributed by atoms with Gasteiger partial charge in [0.25, 0.3) is 5.92 Å². The lowest BCUT2D eigenvalue weighted by Gasteiger charge is -2.16. The fourth-order valence-corrected chi connectivity index (χ4v) is 1.65. The van der Waals surface area contributed by atoms with Gasteiger partial charge in [-0.15, -0.1) is 0 Å². The maximum atomic E-state index is 13.3. The lowest BCUT2D eigenvalue weighted by Crippen LogP contribution is -2.19. The summed E-state index contributed by atoms with van der Waals surface area (Å²) in [6.45, 7) is -0.0195. The van der Waals surface area contributed by atoms with E-state index < -0.39 is 5.92 Å². The van der Waals surface area contributed by atoms with Gasteiger partial charge in [-0.25, -0.2) is 8.78 Å². The Kier molecular flexibility index (Phi) is 3.39. The molecule has 0 aliphatic heterocycles. The van der Waals surface area contributed by atoms with E-state index >= 15 is 0 Å². The number of nitrogens with two attached hydrogens (primary N) is 1. The first-order valence-electron chi connectivity index (χ1n) is 3.91. The summed E-state index contributed by atoms with van der Waals surface area (Å²) in [6, 6.07) is 6.29. The normalized spacial score (nSPS) is 11.7. The van der Waals surface area contributed by atoms with Crippen LogP contribution in [0.5, 0.6) is 0 Å². The van der Waals surface area contributed by atoms with Crippen LogP contribution in [0, 0.1) is 0 Å². The van der Waals surface area contributed by atoms with Crippen molar-refractivity contribution in [2.45, 2.75) is 12.3 Å². The predicted molar refractivity (Wildman–Crippen MR) is 51.7 cm³/mol. The summed E-state index contributed by atoms with van der Waals surface area (Å²) in [5.41, 5.74) is 5.11. The number of rotatable bonds is 3. The highest BCUT2D eigenvalue weighted by Crippen LogP contribution is 2.35. The van der Waals surface area contributed by atoms with E-state index in [1.807, 2.05) is 0 Å². The van der Waals surface area contributed by atoms with Gasteiger partial charge in [-0.05, 0) is 12.6 Å². The summed E-state index contributed by atoms with van der Waals surface area (Å²) < 4.78 is 27.0. The second-order valence-corrected chi connectivity index (χ2v) is 3.58. The molecule has 0 aliphatic carbocycles. The summed E-state index contributed by atoms with van der Waals surface area (Å²) in [5, 5.41) is 0. The van der Waals surface area contributed by atoms with E-state index in [2.05, 4.69) is 15.9 Å². The van der Waals surface area contributed by atoms with Gasteiger partial charge in [-0.3, -0.25) is 0 Å². The van der Waals surface area contributed by atoms with Crippen molar-refractivity contribution in [1.82, 2.24) is 0 Å². The molecule has 0 atom stereocenters. The Balaban J connectivity index is 2.99. The third-order valence-electron chi connectivity index (χ3n) is 1.73. The van der Waals surface area contributed by atoms with E-state index in [0.717, 1.165) is 0 Å². The zero-order valence-electron chi connectivity index (χ0n) is 6.93. The lowest BCUT2D eigenvalue weighted by molar-refractivity contribution is -0.0114. The van der Waals surface area contributed by atoms with E-state index in [4.69, 9.17) is 5.73 Å². The van der Waals surface area contributed by atoms with Gasteiger partial charge in [0, 0.05) is 16.5 Å². The smallest absolute Gasteiger partial charge is 0.275 e. The summed E-state index contributed by atoms with van der Waals surface area (Å²) in [6.07, 6.45) is -0.324. The van der Waals surface area contributed by atoms with Crippen LogP contribution >= 0.6 is 15.9 Å². The third kappa shape index (κ3) is 2.48. The molecule has 4 heteroatoms. The van der Waals surface area contributed by atoms with E-state index in [-0.39, 0.29) is 18.5 Å². The van der Waals surface area contributed by atoms with Crippen LogP contribution in [-0.2, 0) is 5.92 Å². The number of hydrogen-bond acceptors (Lipinski definition) is 1. The molecule has 2 N–H and O–H groups in total. The predicted octanol–water partition coefficient (Wildman–Crippen LogP) is 2.89. The van der Waals surface area contributed by atoms with Crippen molar-refractivity contribution in [1.29, 1.82) is 0 Å². The molecule has 1 rings (SSSR count). The van der Waals surface area contributed by atoms with Crippen LogP contribution in [0.4, 0.5) is 8.78 Å². The SMILES string of the molecule is NCCC(F)(F)c1ccccc1Br. The average Bonchev–Trinajstić information content (AvgIpc) is 2.04. The zero-order chi connectivity index (χ0) is 9.90. The molecule has 1 aromatic carbocycles. The van der Waals surface area contributed by atoms with Gasteiger partial charge >= 0.3 is 0 Å². The monoisotopic (exact) mass is 249 g/mol. The highest BCUT2D eigenvalue weighted by Gasteiger charge is 2.31. The Hall–Kier alpha value is -0.480. The molecule has 0 unspecified atom stereocenters. The molecule has 0 spiro atoms. The Morgan fingerprint density at radius 1 is 1.31 bits per heavy atom. The van der Waals surface area contributed by atoms with Gasteiger partial charge in [0.2, 0.25) is 0 Å². The highest BCUT2D eigenvalue weighted by atomic mass is 79.9. The Morgan fingerprint density at radius 3 is 2.46 bits per heavy atom. The largest absolute Gasteiger partial charge is 0.330 e. The highest BCUT2D eigenvalue weighted by molar-refractivity contribution is 9.10. The van der Waals surface area contributed by atoms with Crippen LogP contribution in [0.3, 0.4) is 0 Å². The molecular formula is C9H10BrF2N. The lowest BCUT2D eigenvalue weighted by atomic mass is 10.1. The molecule has 0 bridgehead atoms. The van der Waals surface area contributed by atoms with Crippen LogP contribution in [0.1, 0.15) is 12.0 Å². The minimum atomic E-state index is -2.84. The van der Waals surface area contributed by atoms with E-state index in [0.29, 0.717) is 4.47 Å². The summed E-state index contributed by atoms with van der Waals surface area (Å²) in [5.74, 6) is -2.84. The average molecular weight is 250 g/mol. The van der Waals surface area contributed by atoms with Gasteiger partial charge in [-0.2, -0.15) is 0 Å². The van der Waals surface area contributed by atoms with Crippen molar-refractivity contribution in [3.05, 3.63) is 34.3 Å². The maximum Gasteiger partial charge on any atom is 0.275 e. The van der Waals surface area contributed by atoms with Crippen molar-refractivity contribution in [3.63, 3.8) is 0 Å². The molecule has 72 valence electrons. The van der Waals surface area contributed by atoms with Gasteiger partial charge in [0.1, 0.15) is 0 Å². The number of alkyl halides is 2. The van der Waals surface area contributed by atoms with E-state index in [1.54, 1.807) is 18.2 Å². The van der Waals surface area contributed by atoms with Crippen molar-refractivity contribution in [2.24, 2.45) is 5.73 Å². The molecular weight excluding hydrogens is 240 g/mol. The first-order chi connectivity index (χ1) is 6.08. The zero-order valence-corrected chi connectivity index (χ0v) is 8.52. The summed E-state index contributed by atoms with van der Waals surface area (Å²) in [4.78, 5) is 0. The first kappa shape index (κ1) is 10.6. The minimum absolute atomic E-state index is 0.000417. The van der Waals surface area contributed by atoms with Crippen LogP contribution < -0.4 is 5.73 Å². The Labute approximate surface area is 84.1 Å². The summed E-state index contributed by atoms with van der Waals surface area (Å²) in [7, 11) is 0. The molecule has 0 fully saturated rings. The fraction of sp³-hybridized carbons (Fsp3) is 0.333. The summed E-state index contributed by atoms with van der Waals surface area (Å²) >= 11 is 3.08. The maximum absolute atomic E-state index is 13.3. The molecule has 1 aromatic rings. The molecule has 0 heterocycles. The van der Waals surface area contributed by atoms with Crippen molar-refractivity contribution >= 4 is 15.9 Å². The molecule has 13 heavy (non-hydrogen) atoms. The Bertz CT molecular complexity index is 289. The first-order valence-corrected chi connectivity index (χ1v) is 4.70. The van der Waals surface area contributed by atoms with Crippen LogP contribution in [0.15, 0.2) is 28.7 Å². The molecule has 0 saturated heterocycles. The standard InChI is InChI=1S/C9H10BrF2N/c10-8-4-2-1-3-7(8)9(11,12)5-6-13/h1-4H,5-6,13H2. The number of hydrogen-bond donors (Lipinski definition) is 1. The minimum Gasteiger partial charge on any atom is -0.330 e. The topological polar surface area (TPSA) is 26.0 Å². The van der Waals surface area contributed by atoms with Crippen molar-refractivity contribution in [3.8, 4) is 0 Å². The second-order valence-electron chi connectivity index (χ2n) is 2.72. The fourth-order valence-electron chi connectivity index (χ4n) is 1.07. The van der Waals surface area contributed by atoms with E-state index in [9.17, 15) is 8.78 Å². The van der Waals surface area contributed by atoms with Crippen LogP contribution in [0.25, 0.3) is 0 Å². The molecule has 0 amide bonds. The van der Waals surface area contributed by atoms with Crippen LogP contribution in [-0.4, -0.2) is 6.54 Å². The third-order valence-corrected chi connectivity index (χ3v) is 2.42. The van der Waals surface area contributed by atoms with Crippen molar-refractivity contribution in [2.75, 3.05) is 6.54 Å².